The first-order valence-corrected chi connectivity index (χ1v) is 13.6. The van der Waals surface area contributed by atoms with Gasteiger partial charge < -0.3 is 28.4 Å². The Morgan fingerprint density at radius 2 is 0.952 bits per heavy atom. The Balaban J connectivity index is 1.68. The van der Waals surface area contributed by atoms with Gasteiger partial charge in [0, 0.05) is 23.0 Å². The molecule has 0 aliphatic carbocycles. The minimum Gasteiger partial charge on any atom is -0.493 e. The van der Waals surface area contributed by atoms with Gasteiger partial charge in [-0.25, -0.2) is 0 Å². The van der Waals surface area contributed by atoms with Crippen LogP contribution in [0, 0.1) is 23.7 Å². The summed E-state index contributed by atoms with van der Waals surface area (Å²) in [5.74, 6) is -4.40. The molecule has 2 aromatic rings. The molecule has 12 nitrogen and oxygen atoms in total. The molecule has 8 atom stereocenters. The second-order valence-corrected chi connectivity index (χ2v) is 10.4. The third-order valence-electron chi connectivity index (χ3n) is 8.44. The van der Waals surface area contributed by atoms with Gasteiger partial charge in [-0.1, -0.05) is 36.4 Å². The molecule has 224 valence electrons. The molecule has 5 rings (SSSR count). The van der Waals surface area contributed by atoms with Crippen molar-refractivity contribution in [3.8, 4) is 11.5 Å². The van der Waals surface area contributed by atoms with E-state index in [9.17, 15) is 19.2 Å². The van der Waals surface area contributed by atoms with E-state index >= 15 is 0 Å². The molecule has 2 saturated heterocycles. The van der Waals surface area contributed by atoms with Crippen LogP contribution < -0.4 is 20.1 Å². The molecule has 0 radical (unpaired) electrons. The molecular weight excluding hydrogens is 548 g/mol. The number of hydrogen-bond donors (Lipinski definition) is 2. The van der Waals surface area contributed by atoms with Crippen LogP contribution in [0.25, 0.3) is 0 Å². The van der Waals surface area contributed by atoms with Gasteiger partial charge in [-0.2, -0.15) is 0 Å². The number of esters is 4. The molecular formula is C30H34N2O10. The molecule has 0 amide bonds. The van der Waals surface area contributed by atoms with E-state index in [0.29, 0.717) is 22.6 Å². The maximum atomic E-state index is 13.3. The lowest BCUT2D eigenvalue weighted by Crippen LogP contribution is -2.41. The molecule has 0 spiro atoms. The van der Waals surface area contributed by atoms with Crippen LogP contribution in [0.1, 0.15) is 23.2 Å². The Kier molecular flexibility index (Phi) is 8.64. The van der Waals surface area contributed by atoms with Gasteiger partial charge in [0.05, 0.1) is 65.6 Å². The van der Waals surface area contributed by atoms with E-state index in [1.807, 2.05) is 0 Å². The van der Waals surface area contributed by atoms with Crippen molar-refractivity contribution >= 4 is 23.9 Å². The smallest absolute Gasteiger partial charge is 0.323 e. The third kappa shape index (κ3) is 5.16. The molecule has 4 bridgehead atoms. The Morgan fingerprint density at radius 1 is 0.595 bits per heavy atom. The summed E-state index contributed by atoms with van der Waals surface area (Å²) in [5, 5.41) is 6.53. The summed E-state index contributed by atoms with van der Waals surface area (Å²) in [5.41, 5.74) is 1.18. The number of para-hydroxylation sites is 2. The topological polar surface area (TPSA) is 148 Å². The second-order valence-electron chi connectivity index (χ2n) is 10.4. The summed E-state index contributed by atoms with van der Waals surface area (Å²) < 4.78 is 33.2. The van der Waals surface area contributed by atoms with Crippen molar-refractivity contribution in [2.75, 3.05) is 41.7 Å². The van der Waals surface area contributed by atoms with Crippen LogP contribution in [0.5, 0.6) is 11.5 Å². The Labute approximate surface area is 242 Å². The van der Waals surface area contributed by atoms with Gasteiger partial charge in [-0.3, -0.25) is 29.8 Å². The van der Waals surface area contributed by atoms with Crippen LogP contribution in [0.4, 0.5) is 0 Å². The molecule has 3 aliphatic heterocycles. The molecule has 3 aliphatic rings. The fourth-order valence-electron chi connectivity index (χ4n) is 6.46. The Hall–Kier alpha value is -4.16. The molecule has 2 fully saturated rings. The molecule has 3 heterocycles. The van der Waals surface area contributed by atoms with E-state index in [0.717, 1.165) is 0 Å². The number of benzene rings is 2. The molecule has 2 aromatic carbocycles. The van der Waals surface area contributed by atoms with Gasteiger partial charge in [-0.05, 0) is 12.1 Å². The number of methoxy groups -OCH3 is 4. The van der Waals surface area contributed by atoms with E-state index in [1.54, 1.807) is 48.5 Å². The highest BCUT2D eigenvalue weighted by molar-refractivity contribution is 5.82. The van der Waals surface area contributed by atoms with Crippen molar-refractivity contribution in [2.24, 2.45) is 23.7 Å². The maximum absolute atomic E-state index is 13.3. The normalized spacial score (nSPS) is 29.8. The fourth-order valence-corrected chi connectivity index (χ4v) is 6.46. The van der Waals surface area contributed by atoms with Crippen molar-refractivity contribution in [3.05, 3.63) is 59.7 Å². The van der Waals surface area contributed by atoms with Crippen LogP contribution in [-0.2, 0) is 38.1 Å². The van der Waals surface area contributed by atoms with Gasteiger partial charge >= 0.3 is 23.9 Å². The third-order valence-corrected chi connectivity index (χ3v) is 8.44. The highest BCUT2D eigenvalue weighted by atomic mass is 16.5. The molecule has 42 heavy (non-hydrogen) atoms. The molecule has 12 heteroatoms. The standard InChI is InChI=1S/C30H34N2O10/c1-37-27(33)21-17-13-41-20-12-8-6-10-16(20)24-22(28(34)38-2)18(26(32-24)30(36)40-4)14-42-19-11-7-5-9-15(19)23(21)31-25(17)29(35)39-3/h5-12,17-18,21-26,31-32H,13-14H2,1-4H3/t17?,18?,21-,22-,23?,24?,25+,26+/m1/s1. The number of ether oxygens (including phenoxy) is 6. The van der Waals surface area contributed by atoms with Gasteiger partial charge in [-0.15, -0.1) is 0 Å². The highest BCUT2D eigenvalue weighted by Crippen LogP contribution is 2.46. The summed E-state index contributed by atoms with van der Waals surface area (Å²) in [6, 6.07) is 10.9. The lowest BCUT2D eigenvalue weighted by Gasteiger charge is -2.28. The average Bonchev–Trinajstić information content (AvgIpc) is 3.60. The highest BCUT2D eigenvalue weighted by Gasteiger charge is 2.54. The van der Waals surface area contributed by atoms with E-state index in [2.05, 4.69) is 10.6 Å². The maximum Gasteiger partial charge on any atom is 0.323 e. The SMILES string of the molecule is COC(=O)[C@H]1C2N[C@H](C(=O)OC)C1COc1ccccc1C1N[C@H](C(=O)OC)C(COc3ccccc32)[C@H]1C(=O)OC. The first-order valence-electron chi connectivity index (χ1n) is 13.6. The Morgan fingerprint density at radius 3 is 1.31 bits per heavy atom. The minimum atomic E-state index is -0.893. The monoisotopic (exact) mass is 582 g/mol. The summed E-state index contributed by atoms with van der Waals surface area (Å²) in [7, 11) is 5.15. The predicted octanol–water partition coefficient (Wildman–Crippen LogP) is 1.34. The van der Waals surface area contributed by atoms with Crippen molar-refractivity contribution < 1.29 is 47.6 Å². The first kappa shape index (κ1) is 29.3. The summed E-state index contributed by atoms with van der Waals surface area (Å²) in [6.45, 7) is -0.134. The lowest BCUT2D eigenvalue weighted by molar-refractivity contribution is -0.150. The zero-order valence-electron chi connectivity index (χ0n) is 23.7. The van der Waals surface area contributed by atoms with E-state index in [-0.39, 0.29) is 13.2 Å². The minimum absolute atomic E-state index is 0.0669. The molecule has 4 unspecified atom stereocenters. The van der Waals surface area contributed by atoms with Crippen LogP contribution in [0.2, 0.25) is 0 Å². The van der Waals surface area contributed by atoms with Gasteiger partial charge in [0.2, 0.25) is 0 Å². The number of nitrogens with one attached hydrogen (secondary N) is 2. The summed E-state index contributed by atoms with van der Waals surface area (Å²) in [4.78, 5) is 52.5. The van der Waals surface area contributed by atoms with E-state index in [1.165, 1.54) is 28.4 Å². The Bertz CT molecular complexity index is 1250. The second kappa shape index (κ2) is 12.4. The van der Waals surface area contributed by atoms with Gasteiger partial charge in [0.15, 0.2) is 0 Å². The van der Waals surface area contributed by atoms with Crippen molar-refractivity contribution in [1.82, 2.24) is 10.6 Å². The molecule has 2 N–H and O–H groups in total. The molecule has 0 aromatic heterocycles. The first-order chi connectivity index (χ1) is 20.3. The average molecular weight is 583 g/mol. The largest absolute Gasteiger partial charge is 0.493 e. The predicted molar refractivity (Wildman–Crippen MR) is 145 cm³/mol. The quantitative estimate of drug-likeness (QED) is 0.396. The number of rotatable bonds is 4. The van der Waals surface area contributed by atoms with Crippen LogP contribution in [-0.4, -0.2) is 77.6 Å². The van der Waals surface area contributed by atoms with Crippen molar-refractivity contribution in [2.45, 2.75) is 24.2 Å². The van der Waals surface area contributed by atoms with Gasteiger partial charge in [0.25, 0.3) is 0 Å². The van der Waals surface area contributed by atoms with Crippen LogP contribution in [0.3, 0.4) is 0 Å². The number of carbonyl (C=O) groups is 4. The lowest BCUT2D eigenvalue weighted by atomic mass is 9.83. The van der Waals surface area contributed by atoms with E-state index < -0.39 is 71.7 Å². The van der Waals surface area contributed by atoms with Crippen LogP contribution >= 0.6 is 0 Å². The summed E-state index contributed by atoms with van der Waals surface area (Å²) in [6.07, 6.45) is 0. The molecule has 0 saturated carbocycles. The van der Waals surface area contributed by atoms with E-state index in [4.69, 9.17) is 28.4 Å². The zero-order valence-corrected chi connectivity index (χ0v) is 23.7. The fraction of sp³-hybridized carbons (Fsp3) is 0.467. The van der Waals surface area contributed by atoms with Gasteiger partial charge in [0.1, 0.15) is 23.6 Å². The summed E-state index contributed by atoms with van der Waals surface area (Å²) >= 11 is 0. The van der Waals surface area contributed by atoms with Crippen molar-refractivity contribution in [3.63, 3.8) is 0 Å². The number of hydrogen-bond acceptors (Lipinski definition) is 12. The van der Waals surface area contributed by atoms with Crippen molar-refractivity contribution in [1.29, 1.82) is 0 Å². The number of fused-ring (bicyclic) bond motifs is 8. The van der Waals surface area contributed by atoms with Crippen LogP contribution in [0.15, 0.2) is 48.5 Å². The zero-order chi connectivity index (χ0) is 30.0. The number of carbonyl (C=O) groups excluding carboxylic acids is 4.